The summed E-state index contributed by atoms with van der Waals surface area (Å²) in [6.07, 6.45) is 0.803. The van der Waals surface area contributed by atoms with Crippen molar-refractivity contribution in [3.05, 3.63) is 62.5 Å². The molecule has 1 heterocycles. The Morgan fingerprint density at radius 1 is 1.00 bits per heavy atom. The minimum Gasteiger partial charge on any atom is -0.492 e. The summed E-state index contributed by atoms with van der Waals surface area (Å²) < 4.78 is 11.2. The molecule has 0 atom stereocenters. The van der Waals surface area contributed by atoms with Crippen LogP contribution in [0.3, 0.4) is 0 Å². The standard InChI is InChI=1S/C19H16Cl3N3O3S/c20-12-3-6-14(7-4-12)28-11-18-24-25-19(29-18)23-17(26)2-1-9-27-16-8-5-13(21)10-15(16)22/h3-8,10H,1-2,9,11H2,(H,23,25,26). The van der Waals surface area contributed by atoms with Crippen molar-refractivity contribution in [1.29, 1.82) is 0 Å². The highest BCUT2D eigenvalue weighted by atomic mass is 35.5. The number of carbonyl (C=O) groups excluding carboxylic acids is 1. The van der Waals surface area contributed by atoms with Gasteiger partial charge in [-0.2, -0.15) is 0 Å². The number of halogens is 3. The number of hydrogen-bond donors (Lipinski definition) is 1. The molecule has 0 saturated heterocycles. The van der Waals surface area contributed by atoms with Gasteiger partial charge in [-0.05, 0) is 48.9 Å². The molecule has 10 heteroatoms. The van der Waals surface area contributed by atoms with Crippen LogP contribution in [0.5, 0.6) is 11.5 Å². The van der Waals surface area contributed by atoms with E-state index >= 15 is 0 Å². The first kappa shape index (κ1) is 21.6. The highest BCUT2D eigenvalue weighted by Crippen LogP contribution is 2.27. The number of amides is 1. The van der Waals surface area contributed by atoms with Gasteiger partial charge >= 0.3 is 0 Å². The Morgan fingerprint density at radius 2 is 1.76 bits per heavy atom. The number of nitrogens with one attached hydrogen (secondary N) is 1. The second-order valence-electron chi connectivity index (χ2n) is 5.82. The Morgan fingerprint density at radius 3 is 2.52 bits per heavy atom. The van der Waals surface area contributed by atoms with Crippen LogP contribution in [0, 0.1) is 0 Å². The van der Waals surface area contributed by atoms with Crippen LogP contribution in [-0.4, -0.2) is 22.7 Å². The lowest BCUT2D eigenvalue weighted by Gasteiger charge is -2.08. The maximum absolute atomic E-state index is 12.0. The summed E-state index contributed by atoms with van der Waals surface area (Å²) in [5, 5.41) is 13.4. The van der Waals surface area contributed by atoms with Gasteiger partial charge < -0.3 is 14.8 Å². The highest BCUT2D eigenvalue weighted by Gasteiger charge is 2.09. The third-order valence-electron chi connectivity index (χ3n) is 3.59. The van der Waals surface area contributed by atoms with Gasteiger partial charge in [-0.25, -0.2) is 0 Å². The molecule has 0 radical (unpaired) electrons. The number of rotatable bonds is 9. The molecule has 0 bridgehead atoms. The van der Waals surface area contributed by atoms with E-state index in [4.69, 9.17) is 44.3 Å². The van der Waals surface area contributed by atoms with Gasteiger partial charge in [0.05, 0.1) is 11.6 Å². The summed E-state index contributed by atoms with van der Waals surface area (Å²) in [4.78, 5) is 12.0. The molecule has 2 aromatic carbocycles. The molecule has 6 nitrogen and oxygen atoms in total. The third-order valence-corrected chi connectivity index (χ3v) is 5.18. The molecule has 3 aromatic rings. The molecule has 0 spiro atoms. The quantitative estimate of drug-likeness (QED) is 0.394. The summed E-state index contributed by atoms with van der Waals surface area (Å²) in [6, 6.07) is 12.0. The number of anilines is 1. The number of benzene rings is 2. The maximum Gasteiger partial charge on any atom is 0.226 e. The molecule has 1 aromatic heterocycles. The van der Waals surface area contributed by atoms with Crippen molar-refractivity contribution in [2.45, 2.75) is 19.4 Å². The van der Waals surface area contributed by atoms with Crippen molar-refractivity contribution < 1.29 is 14.3 Å². The lowest BCUT2D eigenvalue weighted by Crippen LogP contribution is -2.12. The highest BCUT2D eigenvalue weighted by molar-refractivity contribution is 7.15. The minimum atomic E-state index is -0.169. The van der Waals surface area contributed by atoms with Crippen LogP contribution in [0.15, 0.2) is 42.5 Å². The summed E-state index contributed by atoms with van der Waals surface area (Å²) in [5.74, 6) is 1.04. The van der Waals surface area contributed by atoms with Crippen molar-refractivity contribution in [2.24, 2.45) is 0 Å². The molecule has 1 N–H and O–H groups in total. The number of hydrogen-bond acceptors (Lipinski definition) is 6. The number of aromatic nitrogens is 2. The Hall–Kier alpha value is -2.06. The topological polar surface area (TPSA) is 73.3 Å². The fraction of sp³-hybridized carbons (Fsp3) is 0.211. The van der Waals surface area contributed by atoms with E-state index in [0.717, 1.165) is 0 Å². The molecule has 29 heavy (non-hydrogen) atoms. The first-order valence-corrected chi connectivity index (χ1v) is 10.5. The lowest BCUT2D eigenvalue weighted by molar-refractivity contribution is -0.116. The van der Waals surface area contributed by atoms with Gasteiger partial charge in [0.25, 0.3) is 0 Å². The molecular weight excluding hydrogens is 457 g/mol. The van der Waals surface area contributed by atoms with Gasteiger partial charge in [-0.15, -0.1) is 10.2 Å². The van der Waals surface area contributed by atoms with Crippen LogP contribution in [-0.2, 0) is 11.4 Å². The summed E-state index contributed by atoms with van der Waals surface area (Å²) in [6.45, 7) is 0.607. The molecule has 152 valence electrons. The number of nitrogens with zero attached hydrogens (tertiary/aromatic N) is 2. The third kappa shape index (κ3) is 7.04. The Kier molecular flexibility index (Phi) is 7.94. The van der Waals surface area contributed by atoms with E-state index in [2.05, 4.69) is 15.5 Å². The smallest absolute Gasteiger partial charge is 0.226 e. The zero-order valence-electron chi connectivity index (χ0n) is 15.0. The lowest BCUT2D eigenvalue weighted by atomic mass is 10.3. The zero-order chi connectivity index (χ0) is 20.6. The van der Waals surface area contributed by atoms with E-state index in [1.54, 1.807) is 42.5 Å². The second-order valence-corrected chi connectivity index (χ2v) is 8.16. The van der Waals surface area contributed by atoms with Crippen LogP contribution in [0.25, 0.3) is 0 Å². The van der Waals surface area contributed by atoms with Gasteiger partial charge in [0.1, 0.15) is 18.1 Å². The van der Waals surface area contributed by atoms with Gasteiger partial charge in [0.2, 0.25) is 11.0 Å². The summed E-state index contributed by atoms with van der Waals surface area (Å²) in [7, 11) is 0. The van der Waals surface area contributed by atoms with Crippen LogP contribution < -0.4 is 14.8 Å². The molecular formula is C19H16Cl3N3O3S. The van der Waals surface area contributed by atoms with Crippen LogP contribution in [0.2, 0.25) is 15.1 Å². The summed E-state index contributed by atoms with van der Waals surface area (Å²) in [5.41, 5.74) is 0. The Bertz CT molecular complexity index is 967. The molecule has 1 amide bonds. The van der Waals surface area contributed by atoms with Crippen molar-refractivity contribution in [3.8, 4) is 11.5 Å². The van der Waals surface area contributed by atoms with Gasteiger partial charge in [0, 0.05) is 16.5 Å². The Balaban J connectivity index is 1.37. The average Bonchev–Trinajstić information content (AvgIpc) is 3.13. The molecule has 0 saturated carbocycles. The van der Waals surface area contributed by atoms with E-state index in [-0.39, 0.29) is 18.9 Å². The van der Waals surface area contributed by atoms with Gasteiger partial charge in [-0.1, -0.05) is 46.1 Å². The van der Waals surface area contributed by atoms with E-state index in [0.29, 0.717) is 49.7 Å². The molecule has 3 rings (SSSR count). The van der Waals surface area contributed by atoms with Crippen molar-refractivity contribution >= 4 is 57.2 Å². The number of ether oxygens (including phenoxy) is 2. The molecule has 0 aliphatic heterocycles. The molecule has 0 unspecified atom stereocenters. The summed E-state index contributed by atoms with van der Waals surface area (Å²) >= 11 is 19.0. The SMILES string of the molecule is O=C(CCCOc1ccc(Cl)cc1Cl)Nc1nnc(COc2ccc(Cl)cc2)s1. The second kappa shape index (κ2) is 10.6. The van der Waals surface area contributed by atoms with E-state index in [1.807, 2.05) is 0 Å². The minimum absolute atomic E-state index is 0.169. The maximum atomic E-state index is 12.0. The van der Waals surface area contributed by atoms with E-state index < -0.39 is 0 Å². The van der Waals surface area contributed by atoms with Crippen LogP contribution in [0.1, 0.15) is 17.8 Å². The molecule has 0 aliphatic rings. The largest absolute Gasteiger partial charge is 0.492 e. The average molecular weight is 473 g/mol. The predicted octanol–water partition coefficient (Wildman–Crippen LogP) is 5.88. The normalized spacial score (nSPS) is 10.6. The first-order valence-electron chi connectivity index (χ1n) is 8.58. The number of carbonyl (C=O) groups is 1. The van der Waals surface area contributed by atoms with Crippen LogP contribution in [0.4, 0.5) is 5.13 Å². The monoisotopic (exact) mass is 471 g/mol. The van der Waals surface area contributed by atoms with E-state index in [9.17, 15) is 4.79 Å². The van der Waals surface area contributed by atoms with Gasteiger partial charge in [0.15, 0.2) is 5.01 Å². The Labute approximate surface area is 186 Å². The zero-order valence-corrected chi connectivity index (χ0v) is 18.1. The first-order chi connectivity index (χ1) is 14.0. The fourth-order valence-electron chi connectivity index (χ4n) is 2.23. The predicted molar refractivity (Wildman–Crippen MR) is 116 cm³/mol. The van der Waals surface area contributed by atoms with Crippen molar-refractivity contribution in [1.82, 2.24) is 10.2 Å². The van der Waals surface area contributed by atoms with Gasteiger partial charge in [-0.3, -0.25) is 4.79 Å². The van der Waals surface area contributed by atoms with E-state index in [1.165, 1.54) is 11.3 Å². The van der Waals surface area contributed by atoms with Crippen LogP contribution >= 0.6 is 46.1 Å². The van der Waals surface area contributed by atoms with Crippen molar-refractivity contribution in [3.63, 3.8) is 0 Å². The molecule has 0 fully saturated rings. The fourth-order valence-corrected chi connectivity index (χ4v) is 3.49. The molecule has 0 aliphatic carbocycles. The van der Waals surface area contributed by atoms with Crippen molar-refractivity contribution in [2.75, 3.05) is 11.9 Å².